The summed E-state index contributed by atoms with van der Waals surface area (Å²) in [7, 11) is 0. The lowest BCUT2D eigenvalue weighted by atomic mass is 10.1. The van der Waals surface area contributed by atoms with Crippen LogP contribution < -0.4 is 5.32 Å². The van der Waals surface area contributed by atoms with Crippen molar-refractivity contribution in [2.45, 2.75) is 25.4 Å². The van der Waals surface area contributed by atoms with Crippen LogP contribution in [0.4, 0.5) is 5.69 Å². The molecule has 0 bridgehead atoms. The lowest BCUT2D eigenvalue weighted by Gasteiger charge is -2.22. The highest BCUT2D eigenvalue weighted by Gasteiger charge is 2.23. The van der Waals surface area contributed by atoms with Gasteiger partial charge in [-0.25, -0.2) is 4.79 Å². The van der Waals surface area contributed by atoms with Gasteiger partial charge in [-0.3, -0.25) is 4.79 Å². The second kappa shape index (κ2) is 6.16. The van der Waals surface area contributed by atoms with Gasteiger partial charge in [-0.05, 0) is 37.5 Å². The molecule has 1 aromatic carbocycles. The molecule has 1 amide bonds. The van der Waals surface area contributed by atoms with Gasteiger partial charge in [0.1, 0.15) is 6.10 Å². The van der Waals surface area contributed by atoms with Gasteiger partial charge in [-0.2, -0.15) is 0 Å². The van der Waals surface area contributed by atoms with Crippen LogP contribution in [0.2, 0.25) is 0 Å². The zero-order valence-electron chi connectivity index (χ0n) is 10.2. The molecule has 0 aromatic heterocycles. The van der Waals surface area contributed by atoms with E-state index in [1.807, 2.05) is 0 Å². The number of halogens is 1. The maximum absolute atomic E-state index is 12.0. The van der Waals surface area contributed by atoms with Gasteiger partial charge in [0, 0.05) is 11.1 Å². The monoisotopic (exact) mass is 327 g/mol. The minimum Gasteiger partial charge on any atom is -0.478 e. The van der Waals surface area contributed by atoms with Crippen molar-refractivity contribution < 1.29 is 19.4 Å². The van der Waals surface area contributed by atoms with Crippen LogP contribution in [0.3, 0.4) is 0 Å². The fourth-order valence-electron chi connectivity index (χ4n) is 1.96. The average Bonchev–Trinajstić information content (AvgIpc) is 2.41. The van der Waals surface area contributed by atoms with E-state index in [1.54, 1.807) is 12.1 Å². The Morgan fingerprint density at radius 1 is 1.37 bits per heavy atom. The first-order valence-corrected chi connectivity index (χ1v) is 6.82. The number of carboxylic acids is 1. The second-order valence-corrected chi connectivity index (χ2v) is 5.26. The summed E-state index contributed by atoms with van der Waals surface area (Å²) in [6, 6.07) is 4.71. The third kappa shape index (κ3) is 3.54. The first-order chi connectivity index (χ1) is 9.08. The molecule has 0 saturated carbocycles. The maximum Gasteiger partial charge on any atom is 0.337 e. The highest BCUT2D eigenvalue weighted by Crippen LogP contribution is 2.22. The van der Waals surface area contributed by atoms with Crippen molar-refractivity contribution in [3.63, 3.8) is 0 Å². The van der Waals surface area contributed by atoms with E-state index in [1.165, 1.54) is 6.07 Å². The SMILES string of the molecule is O=C(O)c1cc(Br)ccc1NC(=O)C1CCCCO1. The zero-order chi connectivity index (χ0) is 13.8. The van der Waals surface area contributed by atoms with Crippen LogP contribution in [0, 0.1) is 0 Å². The Balaban J connectivity index is 2.13. The number of hydrogen-bond acceptors (Lipinski definition) is 3. The Labute approximate surface area is 119 Å². The van der Waals surface area contributed by atoms with Crippen molar-refractivity contribution in [2.24, 2.45) is 0 Å². The molecule has 1 saturated heterocycles. The Morgan fingerprint density at radius 2 is 2.16 bits per heavy atom. The fraction of sp³-hybridized carbons (Fsp3) is 0.385. The standard InChI is InChI=1S/C13H14BrNO4/c14-8-4-5-10(9(7-8)13(17)18)15-12(16)11-3-1-2-6-19-11/h4-5,7,11H,1-3,6H2,(H,15,16)(H,17,18). The van der Waals surface area contributed by atoms with E-state index in [9.17, 15) is 9.59 Å². The molecule has 1 heterocycles. The molecule has 19 heavy (non-hydrogen) atoms. The van der Waals surface area contributed by atoms with E-state index in [4.69, 9.17) is 9.84 Å². The van der Waals surface area contributed by atoms with Crippen LogP contribution in [0.1, 0.15) is 29.6 Å². The van der Waals surface area contributed by atoms with Gasteiger partial charge in [0.15, 0.2) is 0 Å². The molecule has 1 fully saturated rings. The predicted octanol–water partition coefficient (Wildman–Crippen LogP) is 2.65. The summed E-state index contributed by atoms with van der Waals surface area (Å²) in [6.07, 6.45) is 2.09. The molecule has 102 valence electrons. The largest absolute Gasteiger partial charge is 0.478 e. The number of anilines is 1. The topological polar surface area (TPSA) is 75.6 Å². The second-order valence-electron chi connectivity index (χ2n) is 4.34. The van der Waals surface area contributed by atoms with Gasteiger partial charge in [0.05, 0.1) is 11.3 Å². The molecular formula is C13H14BrNO4. The number of nitrogens with one attached hydrogen (secondary N) is 1. The normalized spacial score (nSPS) is 18.9. The summed E-state index contributed by atoms with van der Waals surface area (Å²) in [6.45, 7) is 0.574. The number of rotatable bonds is 3. The number of hydrogen-bond donors (Lipinski definition) is 2. The van der Waals surface area contributed by atoms with Crippen LogP contribution >= 0.6 is 15.9 Å². The van der Waals surface area contributed by atoms with Crippen LogP contribution in [-0.2, 0) is 9.53 Å². The van der Waals surface area contributed by atoms with Gasteiger partial charge in [-0.15, -0.1) is 0 Å². The minimum absolute atomic E-state index is 0.0542. The summed E-state index contributed by atoms with van der Waals surface area (Å²) in [5, 5.41) is 11.7. The molecule has 1 atom stereocenters. The van der Waals surface area contributed by atoms with Gasteiger partial charge in [-0.1, -0.05) is 15.9 Å². The summed E-state index contributed by atoms with van der Waals surface area (Å²) < 4.78 is 6.02. The zero-order valence-corrected chi connectivity index (χ0v) is 11.8. The number of benzene rings is 1. The Hall–Kier alpha value is -1.40. The van der Waals surface area contributed by atoms with Gasteiger partial charge >= 0.3 is 5.97 Å². The Morgan fingerprint density at radius 3 is 2.79 bits per heavy atom. The third-order valence-corrected chi connectivity index (χ3v) is 3.44. The van der Waals surface area contributed by atoms with Gasteiger partial charge in [0.2, 0.25) is 0 Å². The summed E-state index contributed by atoms with van der Waals surface area (Å²) in [5.41, 5.74) is 0.341. The fourth-order valence-corrected chi connectivity index (χ4v) is 2.32. The first kappa shape index (κ1) is 14.0. The highest BCUT2D eigenvalue weighted by molar-refractivity contribution is 9.10. The molecule has 5 nitrogen and oxygen atoms in total. The Kier molecular flexibility index (Phi) is 4.55. The first-order valence-electron chi connectivity index (χ1n) is 6.03. The Bertz CT molecular complexity index is 497. The van der Waals surface area contributed by atoms with Gasteiger partial charge in [0.25, 0.3) is 5.91 Å². The molecule has 2 rings (SSSR count). The van der Waals surface area contributed by atoms with Crippen molar-refractivity contribution in [2.75, 3.05) is 11.9 Å². The van der Waals surface area contributed by atoms with Crippen molar-refractivity contribution in [3.05, 3.63) is 28.2 Å². The predicted molar refractivity (Wildman–Crippen MR) is 73.3 cm³/mol. The molecular weight excluding hydrogens is 314 g/mol. The lowest BCUT2D eigenvalue weighted by molar-refractivity contribution is -0.129. The van der Waals surface area contributed by atoms with E-state index < -0.39 is 12.1 Å². The quantitative estimate of drug-likeness (QED) is 0.894. The smallest absolute Gasteiger partial charge is 0.337 e. The molecule has 1 aromatic rings. The number of ether oxygens (including phenoxy) is 1. The van der Waals surface area contributed by atoms with Crippen LogP contribution in [0.25, 0.3) is 0 Å². The van der Waals surface area contributed by atoms with Crippen molar-refractivity contribution in [1.82, 2.24) is 0 Å². The number of aromatic carboxylic acids is 1. The molecule has 0 spiro atoms. The summed E-state index contributed by atoms with van der Waals surface area (Å²) in [4.78, 5) is 23.1. The van der Waals surface area contributed by atoms with Crippen LogP contribution in [-0.4, -0.2) is 29.7 Å². The van der Waals surface area contributed by atoms with E-state index in [0.29, 0.717) is 17.5 Å². The van der Waals surface area contributed by atoms with Gasteiger partial charge < -0.3 is 15.2 Å². The molecule has 1 aliphatic heterocycles. The molecule has 1 aliphatic rings. The summed E-state index contributed by atoms with van der Waals surface area (Å²) in [5.74, 6) is -1.37. The number of amides is 1. The molecule has 0 radical (unpaired) electrons. The molecule has 2 N–H and O–H groups in total. The molecule has 0 aliphatic carbocycles. The van der Waals surface area contributed by atoms with Crippen LogP contribution in [0.15, 0.2) is 22.7 Å². The van der Waals surface area contributed by atoms with E-state index in [0.717, 1.165) is 12.8 Å². The number of carbonyl (C=O) groups excluding carboxylic acids is 1. The van der Waals surface area contributed by atoms with E-state index >= 15 is 0 Å². The lowest BCUT2D eigenvalue weighted by Crippen LogP contribution is -2.33. The molecule has 6 heteroatoms. The maximum atomic E-state index is 12.0. The van der Waals surface area contributed by atoms with Crippen molar-refractivity contribution in [3.8, 4) is 0 Å². The van der Waals surface area contributed by atoms with Crippen LogP contribution in [0.5, 0.6) is 0 Å². The third-order valence-electron chi connectivity index (χ3n) is 2.94. The molecule has 1 unspecified atom stereocenters. The van der Waals surface area contributed by atoms with Crippen molar-refractivity contribution in [1.29, 1.82) is 0 Å². The van der Waals surface area contributed by atoms with E-state index in [-0.39, 0.29) is 17.2 Å². The highest BCUT2D eigenvalue weighted by atomic mass is 79.9. The van der Waals surface area contributed by atoms with Crippen molar-refractivity contribution >= 4 is 33.5 Å². The summed E-state index contributed by atoms with van der Waals surface area (Å²) >= 11 is 3.21. The number of carbonyl (C=O) groups is 2. The number of carboxylic acid groups (broad SMARTS) is 1. The average molecular weight is 328 g/mol. The van der Waals surface area contributed by atoms with E-state index in [2.05, 4.69) is 21.2 Å². The minimum atomic E-state index is -1.08.